The zero-order valence-electron chi connectivity index (χ0n) is 10.1. The average molecular weight is 322 g/mol. The van der Waals surface area contributed by atoms with Gasteiger partial charge in [0.05, 0.1) is 16.8 Å². The van der Waals surface area contributed by atoms with Crippen molar-refractivity contribution >= 4 is 27.6 Å². The highest BCUT2D eigenvalue weighted by Crippen LogP contribution is 2.24. The van der Waals surface area contributed by atoms with Crippen LogP contribution < -0.4 is 5.32 Å². The summed E-state index contributed by atoms with van der Waals surface area (Å²) in [5.74, 6) is -1.90. The van der Waals surface area contributed by atoms with Crippen LogP contribution >= 0.6 is 15.9 Å². The van der Waals surface area contributed by atoms with Gasteiger partial charge in [0.15, 0.2) is 0 Å². The molecule has 0 heterocycles. The first kappa shape index (κ1) is 14.9. The molecule has 1 unspecified atom stereocenters. The molecule has 1 aromatic carbocycles. The Morgan fingerprint density at radius 1 is 1.39 bits per heavy atom. The summed E-state index contributed by atoms with van der Waals surface area (Å²) < 4.78 is 31.5. The molecule has 0 spiro atoms. The van der Waals surface area contributed by atoms with Crippen LogP contribution in [-0.2, 0) is 9.53 Å². The number of anilines is 1. The van der Waals surface area contributed by atoms with E-state index in [9.17, 15) is 13.6 Å². The normalized spacial score (nSPS) is 12.1. The summed E-state index contributed by atoms with van der Waals surface area (Å²) >= 11 is 2.96. The molecular weight excluding hydrogens is 308 g/mol. The second-order valence-corrected chi connectivity index (χ2v) is 4.46. The average Bonchev–Trinajstić information content (AvgIpc) is 2.32. The molecule has 3 nitrogen and oxygen atoms in total. The van der Waals surface area contributed by atoms with E-state index in [1.807, 2.05) is 0 Å². The number of hydrogen-bond acceptors (Lipinski definition) is 3. The number of nitrogens with one attached hydrogen (secondary N) is 1. The molecule has 0 aliphatic heterocycles. The number of carbonyl (C=O) groups is 1. The van der Waals surface area contributed by atoms with Gasteiger partial charge >= 0.3 is 5.97 Å². The van der Waals surface area contributed by atoms with E-state index in [-0.39, 0.29) is 16.8 Å². The lowest BCUT2D eigenvalue weighted by molar-refractivity contribution is -0.144. The number of esters is 1. The molecule has 0 amide bonds. The summed E-state index contributed by atoms with van der Waals surface area (Å²) in [4.78, 5) is 11.5. The van der Waals surface area contributed by atoms with Crippen LogP contribution in [0, 0.1) is 11.6 Å². The van der Waals surface area contributed by atoms with Gasteiger partial charge in [0, 0.05) is 6.07 Å². The third-order valence-electron chi connectivity index (χ3n) is 2.32. The van der Waals surface area contributed by atoms with E-state index < -0.39 is 23.6 Å². The number of ether oxygens (including phenoxy) is 1. The van der Waals surface area contributed by atoms with Crippen molar-refractivity contribution < 1.29 is 18.3 Å². The number of benzene rings is 1. The Hall–Kier alpha value is -1.17. The minimum Gasteiger partial charge on any atom is -0.464 e. The van der Waals surface area contributed by atoms with E-state index in [0.29, 0.717) is 6.42 Å². The van der Waals surface area contributed by atoms with Crippen LogP contribution in [-0.4, -0.2) is 18.6 Å². The van der Waals surface area contributed by atoms with Crippen LogP contribution in [0.25, 0.3) is 0 Å². The summed E-state index contributed by atoms with van der Waals surface area (Å²) in [6.45, 7) is 3.72. The lowest BCUT2D eigenvalue weighted by Crippen LogP contribution is -2.31. The third-order valence-corrected chi connectivity index (χ3v) is 2.93. The zero-order valence-corrected chi connectivity index (χ0v) is 11.7. The predicted octanol–water partition coefficient (Wildman–Crippen LogP) is 3.48. The lowest BCUT2D eigenvalue weighted by atomic mass is 10.2. The van der Waals surface area contributed by atoms with Crippen molar-refractivity contribution in [3.63, 3.8) is 0 Å². The van der Waals surface area contributed by atoms with Gasteiger partial charge in [-0.05, 0) is 35.3 Å². The van der Waals surface area contributed by atoms with Crippen LogP contribution in [0.3, 0.4) is 0 Å². The highest BCUT2D eigenvalue weighted by molar-refractivity contribution is 9.10. The SMILES string of the molecule is CCOC(=O)C(CC)Nc1cc(Br)c(F)cc1F. The summed E-state index contributed by atoms with van der Waals surface area (Å²) in [7, 11) is 0. The van der Waals surface area contributed by atoms with Crippen LogP contribution in [0.15, 0.2) is 16.6 Å². The van der Waals surface area contributed by atoms with Crippen molar-refractivity contribution in [2.75, 3.05) is 11.9 Å². The molecule has 1 rings (SSSR count). The second-order valence-electron chi connectivity index (χ2n) is 3.60. The number of carbonyl (C=O) groups excluding carboxylic acids is 1. The van der Waals surface area contributed by atoms with E-state index in [2.05, 4.69) is 21.2 Å². The highest BCUT2D eigenvalue weighted by Gasteiger charge is 2.19. The Morgan fingerprint density at radius 3 is 2.61 bits per heavy atom. The molecule has 18 heavy (non-hydrogen) atoms. The molecule has 1 aromatic rings. The Labute approximate surface area is 113 Å². The van der Waals surface area contributed by atoms with Crippen LogP contribution in [0.5, 0.6) is 0 Å². The Morgan fingerprint density at radius 2 is 2.06 bits per heavy atom. The molecule has 1 N–H and O–H groups in total. The molecule has 0 saturated carbocycles. The van der Waals surface area contributed by atoms with E-state index in [1.54, 1.807) is 13.8 Å². The van der Waals surface area contributed by atoms with E-state index in [0.717, 1.165) is 6.07 Å². The van der Waals surface area contributed by atoms with Crippen LogP contribution in [0.2, 0.25) is 0 Å². The first-order valence-electron chi connectivity index (χ1n) is 5.57. The van der Waals surface area contributed by atoms with Gasteiger partial charge < -0.3 is 10.1 Å². The monoisotopic (exact) mass is 321 g/mol. The molecule has 0 aromatic heterocycles. The minimum atomic E-state index is -0.751. The molecule has 0 fully saturated rings. The molecule has 6 heteroatoms. The van der Waals surface area contributed by atoms with Gasteiger partial charge in [0.1, 0.15) is 17.7 Å². The first-order valence-corrected chi connectivity index (χ1v) is 6.36. The fourth-order valence-electron chi connectivity index (χ4n) is 1.39. The molecule has 0 radical (unpaired) electrons. The first-order chi connectivity index (χ1) is 8.49. The fourth-order valence-corrected chi connectivity index (χ4v) is 1.73. The van der Waals surface area contributed by atoms with Gasteiger partial charge in [-0.2, -0.15) is 0 Å². The number of hydrogen-bond donors (Lipinski definition) is 1. The van der Waals surface area contributed by atoms with Crippen molar-refractivity contribution in [3.8, 4) is 0 Å². The third kappa shape index (κ3) is 3.66. The molecule has 100 valence electrons. The Bertz CT molecular complexity index is 440. The maximum atomic E-state index is 13.5. The van der Waals surface area contributed by atoms with Gasteiger partial charge in [-0.1, -0.05) is 6.92 Å². The molecule has 0 saturated heterocycles. The van der Waals surface area contributed by atoms with Crippen LogP contribution in [0.1, 0.15) is 20.3 Å². The van der Waals surface area contributed by atoms with E-state index in [4.69, 9.17) is 4.74 Å². The van der Waals surface area contributed by atoms with Crippen molar-refractivity contribution in [3.05, 3.63) is 28.2 Å². The molecule has 1 atom stereocenters. The lowest BCUT2D eigenvalue weighted by Gasteiger charge is -2.17. The molecule has 0 aliphatic rings. The maximum Gasteiger partial charge on any atom is 0.328 e. The summed E-state index contributed by atoms with van der Waals surface area (Å²) in [5, 5.41) is 2.70. The zero-order chi connectivity index (χ0) is 13.7. The van der Waals surface area contributed by atoms with Gasteiger partial charge in [-0.25, -0.2) is 13.6 Å². The van der Waals surface area contributed by atoms with Gasteiger partial charge in [-0.3, -0.25) is 0 Å². The quantitative estimate of drug-likeness (QED) is 0.666. The van der Waals surface area contributed by atoms with Gasteiger partial charge in [0.25, 0.3) is 0 Å². The standard InChI is InChI=1S/C12H14BrF2NO2/c1-3-10(12(17)18-4-2)16-11-5-7(13)8(14)6-9(11)15/h5-6,10,16H,3-4H2,1-2H3. The second kappa shape index (κ2) is 6.68. The molecular formula is C12H14BrF2NO2. The van der Waals surface area contributed by atoms with Crippen molar-refractivity contribution in [1.82, 2.24) is 0 Å². The summed E-state index contributed by atoms with van der Waals surface area (Å²) in [6, 6.07) is 1.36. The van der Waals surface area contributed by atoms with E-state index in [1.165, 1.54) is 6.07 Å². The minimum absolute atomic E-state index is 0.0585. The van der Waals surface area contributed by atoms with Gasteiger partial charge in [-0.15, -0.1) is 0 Å². The van der Waals surface area contributed by atoms with Crippen molar-refractivity contribution in [2.45, 2.75) is 26.3 Å². The predicted molar refractivity (Wildman–Crippen MR) is 68.4 cm³/mol. The summed E-state index contributed by atoms with van der Waals surface area (Å²) in [5.41, 5.74) is 0.0585. The van der Waals surface area contributed by atoms with Crippen molar-refractivity contribution in [2.24, 2.45) is 0 Å². The Kier molecular flexibility index (Phi) is 5.53. The highest BCUT2D eigenvalue weighted by atomic mass is 79.9. The maximum absolute atomic E-state index is 13.5. The fraction of sp³-hybridized carbons (Fsp3) is 0.417. The van der Waals surface area contributed by atoms with E-state index >= 15 is 0 Å². The van der Waals surface area contributed by atoms with Crippen molar-refractivity contribution in [1.29, 1.82) is 0 Å². The topological polar surface area (TPSA) is 38.3 Å². The smallest absolute Gasteiger partial charge is 0.328 e. The number of halogens is 3. The van der Waals surface area contributed by atoms with Crippen LogP contribution in [0.4, 0.5) is 14.5 Å². The number of rotatable bonds is 5. The molecule has 0 bridgehead atoms. The summed E-state index contributed by atoms with van der Waals surface area (Å²) in [6.07, 6.45) is 0.438. The largest absolute Gasteiger partial charge is 0.464 e. The Balaban J connectivity index is 2.88. The molecule has 0 aliphatic carbocycles. The van der Waals surface area contributed by atoms with Gasteiger partial charge in [0.2, 0.25) is 0 Å².